The molecule has 0 spiro atoms. The summed E-state index contributed by atoms with van der Waals surface area (Å²) in [5, 5.41) is 15.0. The van der Waals surface area contributed by atoms with Crippen LogP contribution in [0.1, 0.15) is 18.5 Å². The number of halogens is 1. The van der Waals surface area contributed by atoms with Gasteiger partial charge in [-0.25, -0.2) is 9.37 Å². The predicted octanol–water partition coefficient (Wildman–Crippen LogP) is 2.46. The lowest BCUT2D eigenvalue weighted by molar-refractivity contribution is -0.122. The Balaban J connectivity index is 1.76. The summed E-state index contributed by atoms with van der Waals surface area (Å²) in [6, 6.07) is 13.3. The lowest BCUT2D eigenvalue weighted by atomic mass is 10.1. The van der Waals surface area contributed by atoms with Crippen molar-refractivity contribution >= 4 is 22.9 Å². The molecule has 0 aliphatic rings. The second-order valence-electron chi connectivity index (χ2n) is 6.00. The SMILES string of the molecule is C[C@@H](NC(=O)Cn1c(NCCO)nc2ccccc21)c1ccc(F)cc1. The molecule has 1 heterocycles. The van der Waals surface area contributed by atoms with Gasteiger partial charge in [-0.05, 0) is 36.8 Å². The van der Waals surface area contributed by atoms with Crippen LogP contribution in [-0.4, -0.2) is 33.7 Å². The van der Waals surface area contributed by atoms with E-state index in [1.807, 2.05) is 31.2 Å². The molecule has 1 amide bonds. The van der Waals surface area contributed by atoms with Crippen molar-refractivity contribution in [2.75, 3.05) is 18.5 Å². The van der Waals surface area contributed by atoms with Crippen molar-refractivity contribution in [3.05, 3.63) is 59.9 Å². The number of fused-ring (bicyclic) bond motifs is 1. The van der Waals surface area contributed by atoms with Crippen LogP contribution in [0, 0.1) is 5.82 Å². The normalized spacial score (nSPS) is 12.1. The first-order valence-electron chi connectivity index (χ1n) is 8.43. The van der Waals surface area contributed by atoms with Crippen LogP contribution < -0.4 is 10.6 Å². The maximum absolute atomic E-state index is 13.0. The second kappa shape index (κ2) is 7.97. The molecule has 7 heteroatoms. The summed E-state index contributed by atoms with van der Waals surface area (Å²) in [5.41, 5.74) is 2.43. The first-order valence-corrected chi connectivity index (χ1v) is 8.43. The van der Waals surface area contributed by atoms with Gasteiger partial charge in [-0.1, -0.05) is 24.3 Å². The van der Waals surface area contributed by atoms with E-state index in [4.69, 9.17) is 5.11 Å². The van der Waals surface area contributed by atoms with E-state index in [-0.39, 0.29) is 30.9 Å². The van der Waals surface area contributed by atoms with Crippen LogP contribution in [0.3, 0.4) is 0 Å². The van der Waals surface area contributed by atoms with Crippen LogP contribution >= 0.6 is 0 Å². The number of amides is 1. The molecule has 0 aliphatic heterocycles. The van der Waals surface area contributed by atoms with Crippen LogP contribution in [0.5, 0.6) is 0 Å². The summed E-state index contributed by atoms with van der Waals surface area (Å²) in [4.78, 5) is 17.0. The smallest absolute Gasteiger partial charge is 0.240 e. The number of nitrogens with one attached hydrogen (secondary N) is 2. The van der Waals surface area contributed by atoms with Crippen LogP contribution in [0.25, 0.3) is 11.0 Å². The minimum absolute atomic E-state index is 0.0308. The van der Waals surface area contributed by atoms with Gasteiger partial charge in [0.2, 0.25) is 11.9 Å². The number of hydrogen-bond donors (Lipinski definition) is 3. The number of benzene rings is 2. The average Bonchev–Trinajstić information content (AvgIpc) is 2.98. The maximum Gasteiger partial charge on any atom is 0.240 e. The summed E-state index contributed by atoms with van der Waals surface area (Å²) in [6.45, 7) is 2.25. The number of imidazole rings is 1. The highest BCUT2D eigenvalue weighted by molar-refractivity contribution is 5.83. The maximum atomic E-state index is 13.0. The van der Waals surface area contributed by atoms with Crippen molar-refractivity contribution in [1.82, 2.24) is 14.9 Å². The number of aliphatic hydroxyl groups excluding tert-OH is 1. The van der Waals surface area contributed by atoms with Gasteiger partial charge in [0.25, 0.3) is 0 Å². The summed E-state index contributed by atoms with van der Waals surface area (Å²) >= 11 is 0. The van der Waals surface area contributed by atoms with Crippen molar-refractivity contribution in [3.8, 4) is 0 Å². The number of rotatable bonds is 7. The number of hydrogen-bond acceptors (Lipinski definition) is 4. The van der Waals surface area contributed by atoms with Crippen LogP contribution in [0.15, 0.2) is 48.5 Å². The zero-order valence-electron chi connectivity index (χ0n) is 14.4. The molecule has 1 atom stereocenters. The van der Waals surface area contributed by atoms with Gasteiger partial charge in [0, 0.05) is 6.54 Å². The molecule has 3 N–H and O–H groups in total. The molecule has 3 rings (SSSR count). The molecule has 0 fully saturated rings. The van der Waals surface area contributed by atoms with Crippen LogP contribution in [-0.2, 0) is 11.3 Å². The zero-order chi connectivity index (χ0) is 18.5. The van der Waals surface area contributed by atoms with E-state index in [9.17, 15) is 9.18 Å². The third-order valence-corrected chi connectivity index (χ3v) is 4.10. The summed E-state index contributed by atoms with van der Waals surface area (Å²) < 4.78 is 14.8. The van der Waals surface area contributed by atoms with Gasteiger partial charge in [-0.2, -0.15) is 0 Å². The highest BCUT2D eigenvalue weighted by Gasteiger charge is 2.15. The first kappa shape index (κ1) is 17.9. The van der Waals surface area contributed by atoms with Crippen molar-refractivity contribution < 1.29 is 14.3 Å². The van der Waals surface area contributed by atoms with E-state index >= 15 is 0 Å². The Morgan fingerprint density at radius 2 is 1.96 bits per heavy atom. The molecule has 0 radical (unpaired) electrons. The Hall–Kier alpha value is -2.93. The number of aliphatic hydroxyl groups is 1. The molecule has 0 aliphatic carbocycles. The van der Waals surface area contributed by atoms with Gasteiger partial charge in [-0.3, -0.25) is 4.79 Å². The minimum atomic E-state index is -0.309. The topological polar surface area (TPSA) is 79.2 Å². The van der Waals surface area contributed by atoms with Crippen molar-refractivity contribution in [3.63, 3.8) is 0 Å². The first-order chi connectivity index (χ1) is 12.6. The monoisotopic (exact) mass is 356 g/mol. The van der Waals surface area contributed by atoms with E-state index in [0.717, 1.165) is 16.6 Å². The number of carbonyl (C=O) groups excluding carboxylic acids is 1. The molecule has 2 aromatic carbocycles. The van der Waals surface area contributed by atoms with Gasteiger partial charge in [-0.15, -0.1) is 0 Å². The van der Waals surface area contributed by atoms with E-state index in [0.29, 0.717) is 12.5 Å². The summed E-state index contributed by atoms with van der Waals surface area (Å²) in [7, 11) is 0. The zero-order valence-corrected chi connectivity index (χ0v) is 14.4. The fraction of sp³-hybridized carbons (Fsp3) is 0.263. The van der Waals surface area contributed by atoms with E-state index < -0.39 is 0 Å². The molecule has 0 unspecified atom stereocenters. The molecule has 0 bridgehead atoms. The van der Waals surface area contributed by atoms with Crippen molar-refractivity contribution in [2.45, 2.75) is 19.5 Å². The molecular weight excluding hydrogens is 335 g/mol. The third kappa shape index (κ3) is 4.00. The molecule has 136 valence electrons. The molecule has 26 heavy (non-hydrogen) atoms. The largest absolute Gasteiger partial charge is 0.395 e. The molecule has 0 saturated heterocycles. The molecule has 0 saturated carbocycles. The third-order valence-electron chi connectivity index (χ3n) is 4.10. The van der Waals surface area contributed by atoms with Gasteiger partial charge < -0.3 is 20.3 Å². The predicted molar refractivity (Wildman–Crippen MR) is 98.3 cm³/mol. The fourth-order valence-electron chi connectivity index (χ4n) is 2.80. The number of para-hydroxylation sites is 2. The Labute approximate surface area is 150 Å². The van der Waals surface area contributed by atoms with Crippen molar-refractivity contribution in [2.24, 2.45) is 0 Å². The quantitative estimate of drug-likeness (QED) is 0.608. The van der Waals surface area contributed by atoms with Gasteiger partial charge in [0.05, 0.1) is 23.7 Å². The van der Waals surface area contributed by atoms with E-state index in [1.165, 1.54) is 12.1 Å². The van der Waals surface area contributed by atoms with Gasteiger partial charge >= 0.3 is 0 Å². The standard InChI is InChI=1S/C19H21FN4O2/c1-13(14-6-8-15(20)9-7-14)22-18(26)12-24-17-5-3-2-4-16(17)23-19(24)21-10-11-25/h2-9,13,25H,10-12H2,1H3,(H,21,23)(H,22,26)/t13-/m1/s1. The molecular formula is C19H21FN4O2. The average molecular weight is 356 g/mol. The molecule has 1 aromatic heterocycles. The number of carbonyl (C=O) groups is 1. The lowest BCUT2D eigenvalue weighted by Crippen LogP contribution is -2.30. The lowest BCUT2D eigenvalue weighted by Gasteiger charge is -2.16. The number of nitrogens with zero attached hydrogens (tertiary/aromatic N) is 2. The molecule has 3 aromatic rings. The minimum Gasteiger partial charge on any atom is -0.395 e. The van der Waals surface area contributed by atoms with Crippen LogP contribution in [0.4, 0.5) is 10.3 Å². The van der Waals surface area contributed by atoms with Gasteiger partial charge in [0.15, 0.2) is 0 Å². The second-order valence-corrected chi connectivity index (χ2v) is 6.00. The van der Waals surface area contributed by atoms with E-state index in [2.05, 4.69) is 15.6 Å². The number of aromatic nitrogens is 2. The Bertz CT molecular complexity index is 892. The summed E-state index contributed by atoms with van der Waals surface area (Å²) in [5.74, 6) is 0.0404. The van der Waals surface area contributed by atoms with E-state index in [1.54, 1.807) is 16.7 Å². The Morgan fingerprint density at radius 3 is 2.69 bits per heavy atom. The fourth-order valence-corrected chi connectivity index (χ4v) is 2.80. The Kier molecular flexibility index (Phi) is 5.48. The van der Waals surface area contributed by atoms with Crippen LogP contribution in [0.2, 0.25) is 0 Å². The van der Waals surface area contributed by atoms with Gasteiger partial charge in [0.1, 0.15) is 12.4 Å². The highest BCUT2D eigenvalue weighted by Crippen LogP contribution is 2.20. The Morgan fingerprint density at radius 1 is 1.23 bits per heavy atom. The molecule has 6 nitrogen and oxygen atoms in total. The number of anilines is 1. The summed E-state index contributed by atoms with van der Waals surface area (Å²) in [6.07, 6.45) is 0. The van der Waals surface area contributed by atoms with Crippen molar-refractivity contribution in [1.29, 1.82) is 0 Å². The highest BCUT2D eigenvalue weighted by atomic mass is 19.1.